The number of rotatable bonds is 4. The first-order valence-corrected chi connectivity index (χ1v) is 6.21. The van der Waals surface area contributed by atoms with Crippen LogP contribution in [0.5, 0.6) is 0 Å². The number of nitrogens with two attached hydrogens (primary N) is 1. The number of halogens is 1. The number of nitrogens with zero attached hydrogens (tertiary/aromatic N) is 1. The fraction of sp³-hybridized carbons (Fsp3) is 0.154. The van der Waals surface area contributed by atoms with Crippen molar-refractivity contribution < 1.29 is 14.3 Å². The Labute approximate surface area is 119 Å². The Morgan fingerprint density at radius 3 is 2.70 bits per heavy atom. The topological polar surface area (TPSA) is 94.3 Å². The second-order valence-electron chi connectivity index (χ2n) is 3.93. The molecule has 2 amide bonds. The molecule has 2 aromatic rings. The van der Waals surface area contributed by atoms with Crippen molar-refractivity contribution in [1.82, 2.24) is 10.3 Å². The Balaban J connectivity index is 2.14. The number of aromatic nitrogens is 1. The van der Waals surface area contributed by atoms with E-state index in [1.807, 2.05) is 12.1 Å². The van der Waals surface area contributed by atoms with Gasteiger partial charge in [0.25, 0.3) is 5.91 Å². The molecule has 0 aliphatic rings. The zero-order valence-electron chi connectivity index (χ0n) is 10.4. The van der Waals surface area contributed by atoms with Crippen LogP contribution in [-0.4, -0.2) is 30.1 Å². The lowest BCUT2D eigenvalue weighted by Gasteiger charge is -2.08. The summed E-state index contributed by atoms with van der Waals surface area (Å²) in [5.41, 5.74) is 5.22. The third-order valence-corrected chi connectivity index (χ3v) is 2.92. The lowest BCUT2D eigenvalue weighted by Crippen LogP contribution is -2.29. The third kappa shape index (κ3) is 3.16. The number of nitrogens with one attached hydrogen (secondary N) is 1. The van der Waals surface area contributed by atoms with Crippen LogP contribution >= 0.6 is 11.6 Å². The quantitative estimate of drug-likeness (QED) is 0.663. The first-order valence-electron chi connectivity index (χ1n) is 5.83. The molecule has 0 saturated heterocycles. The molecule has 0 fully saturated rings. The summed E-state index contributed by atoms with van der Waals surface area (Å²) in [5, 5.41) is 4.37. The van der Waals surface area contributed by atoms with Gasteiger partial charge in [0.05, 0.1) is 12.1 Å². The van der Waals surface area contributed by atoms with E-state index in [9.17, 15) is 9.59 Å². The van der Waals surface area contributed by atoms with E-state index in [-0.39, 0.29) is 19.1 Å². The molecule has 1 aromatic heterocycles. The largest absolute Gasteiger partial charge is 0.448 e. The minimum absolute atomic E-state index is 0.0139. The fourth-order valence-electron chi connectivity index (χ4n) is 1.75. The lowest BCUT2D eigenvalue weighted by molar-refractivity contribution is 0.0938. The molecule has 2 rings (SSSR count). The summed E-state index contributed by atoms with van der Waals surface area (Å²) in [6.07, 6.45) is 0.535. The Kier molecular flexibility index (Phi) is 4.37. The fourth-order valence-corrected chi connectivity index (χ4v) is 1.96. The molecule has 0 aliphatic carbocycles. The molecule has 0 saturated carbocycles. The number of ether oxygens (including phenoxy) is 1. The maximum absolute atomic E-state index is 12.0. The second kappa shape index (κ2) is 6.21. The van der Waals surface area contributed by atoms with Crippen LogP contribution in [0.15, 0.2) is 30.5 Å². The zero-order chi connectivity index (χ0) is 14.5. The van der Waals surface area contributed by atoms with Crippen molar-refractivity contribution in [2.75, 3.05) is 13.2 Å². The van der Waals surface area contributed by atoms with Gasteiger partial charge >= 0.3 is 6.09 Å². The SMILES string of the molecule is NC(=O)OCCNC(=O)c1cnc(Cl)c2ccccc12. The van der Waals surface area contributed by atoms with Gasteiger partial charge in [0.2, 0.25) is 0 Å². The molecule has 6 nitrogen and oxygen atoms in total. The van der Waals surface area contributed by atoms with Crippen LogP contribution < -0.4 is 11.1 Å². The average Bonchev–Trinajstić information content (AvgIpc) is 2.44. The minimum atomic E-state index is -0.877. The van der Waals surface area contributed by atoms with Gasteiger partial charge in [0.1, 0.15) is 11.8 Å². The van der Waals surface area contributed by atoms with E-state index in [4.69, 9.17) is 17.3 Å². The highest BCUT2D eigenvalue weighted by molar-refractivity contribution is 6.34. The number of primary amides is 1. The van der Waals surface area contributed by atoms with Crippen LogP contribution in [0, 0.1) is 0 Å². The normalized spacial score (nSPS) is 10.2. The van der Waals surface area contributed by atoms with Gasteiger partial charge in [-0.05, 0) is 5.39 Å². The second-order valence-corrected chi connectivity index (χ2v) is 4.29. The van der Waals surface area contributed by atoms with Crippen molar-refractivity contribution in [3.63, 3.8) is 0 Å². The summed E-state index contributed by atoms with van der Waals surface area (Å²) in [7, 11) is 0. The van der Waals surface area contributed by atoms with E-state index in [0.29, 0.717) is 21.5 Å². The van der Waals surface area contributed by atoms with Crippen molar-refractivity contribution in [3.8, 4) is 0 Å². The van der Waals surface area contributed by atoms with Crippen molar-refractivity contribution in [2.45, 2.75) is 0 Å². The van der Waals surface area contributed by atoms with Crippen molar-refractivity contribution in [2.24, 2.45) is 5.73 Å². The Morgan fingerprint density at radius 1 is 1.30 bits per heavy atom. The molecule has 1 heterocycles. The summed E-state index contributed by atoms with van der Waals surface area (Å²) >= 11 is 5.98. The summed E-state index contributed by atoms with van der Waals surface area (Å²) in [6.45, 7) is 0.179. The van der Waals surface area contributed by atoms with E-state index in [1.54, 1.807) is 12.1 Å². The van der Waals surface area contributed by atoms with E-state index >= 15 is 0 Å². The molecule has 7 heteroatoms. The Hall–Kier alpha value is -2.34. The van der Waals surface area contributed by atoms with Crippen molar-refractivity contribution in [3.05, 3.63) is 41.2 Å². The number of hydrogen-bond acceptors (Lipinski definition) is 4. The number of amides is 2. The first-order chi connectivity index (χ1) is 9.59. The van der Waals surface area contributed by atoms with Crippen molar-refractivity contribution in [1.29, 1.82) is 0 Å². The molecule has 0 atom stereocenters. The number of hydrogen-bond donors (Lipinski definition) is 2. The van der Waals surface area contributed by atoms with Gasteiger partial charge in [0.15, 0.2) is 0 Å². The van der Waals surface area contributed by atoms with Crippen LogP contribution in [0.1, 0.15) is 10.4 Å². The molecule has 0 unspecified atom stereocenters. The zero-order valence-corrected chi connectivity index (χ0v) is 11.2. The van der Waals surface area contributed by atoms with Gasteiger partial charge in [0, 0.05) is 11.6 Å². The molecule has 104 valence electrons. The number of carbonyl (C=O) groups excluding carboxylic acids is 2. The molecular weight excluding hydrogens is 282 g/mol. The average molecular weight is 294 g/mol. The molecular formula is C13H12ClN3O3. The number of carbonyl (C=O) groups is 2. The summed E-state index contributed by atoms with van der Waals surface area (Å²) < 4.78 is 4.52. The predicted octanol–water partition coefficient (Wildman–Crippen LogP) is 1.71. The van der Waals surface area contributed by atoms with Gasteiger partial charge in [-0.15, -0.1) is 0 Å². The molecule has 0 bridgehead atoms. The monoisotopic (exact) mass is 293 g/mol. The smallest absolute Gasteiger partial charge is 0.404 e. The first kappa shape index (κ1) is 14.1. The van der Waals surface area contributed by atoms with Gasteiger partial charge in [-0.25, -0.2) is 9.78 Å². The molecule has 0 aliphatic heterocycles. The summed E-state index contributed by atoms with van der Waals surface area (Å²) in [5.74, 6) is -0.321. The highest BCUT2D eigenvalue weighted by atomic mass is 35.5. The molecule has 0 radical (unpaired) electrons. The minimum Gasteiger partial charge on any atom is -0.448 e. The van der Waals surface area contributed by atoms with Gasteiger partial charge in [-0.2, -0.15) is 0 Å². The maximum atomic E-state index is 12.0. The molecule has 0 spiro atoms. The van der Waals surface area contributed by atoms with Gasteiger partial charge in [-0.1, -0.05) is 35.9 Å². The predicted molar refractivity (Wildman–Crippen MR) is 74.6 cm³/mol. The van der Waals surface area contributed by atoms with Crippen LogP contribution in [0.3, 0.4) is 0 Å². The molecule has 3 N–H and O–H groups in total. The lowest BCUT2D eigenvalue weighted by atomic mass is 10.1. The van der Waals surface area contributed by atoms with E-state index in [2.05, 4.69) is 15.0 Å². The van der Waals surface area contributed by atoms with E-state index < -0.39 is 6.09 Å². The number of fused-ring (bicyclic) bond motifs is 1. The summed E-state index contributed by atoms with van der Waals surface area (Å²) in [6, 6.07) is 7.21. The van der Waals surface area contributed by atoms with Crippen LogP contribution in [0.25, 0.3) is 10.8 Å². The maximum Gasteiger partial charge on any atom is 0.404 e. The highest BCUT2D eigenvalue weighted by Gasteiger charge is 2.12. The van der Waals surface area contributed by atoms with Crippen LogP contribution in [-0.2, 0) is 4.74 Å². The third-order valence-electron chi connectivity index (χ3n) is 2.62. The van der Waals surface area contributed by atoms with Crippen molar-refractivity contribution >= 4 is 34.4 Å². The molecule has 1 aromatic carbocycles. The molecule has 20 heavy (non-hydrogen) atoms. The number of benzene rings is 1. The Morgan fingerprint density at radius 2 is 2.00 bits per heavy atom. The Bertz CT molecular complexity index is 660. The van der Waals surface area contributed by atoms with Crippen LogP contribution in [0.4, 0.5) is 4.79 Å². The standard InChI is InChI=1S/C13H12ClN3O3/c14-11-9-4-2-1-3-8(9)10(7-17-11)12(18)16-5-6-20-13(15)19/h1-4,7H,5-6H2,(H2,15,19)(H,16,18). The number of pyridine rings is 1. The summed E-state index contributed by atoms with van der Waals surface area (Å²) in [4.78, 5) is 26.4. The van der Waals surface area contributed by atoms with Crippen LogP contribution in [0.2, 0.25) is 5.15 Å². The highest BCUT2D eigenvalue weighted by Crippen LogP contribution is 2.23. The van der Waals surface area contributed by atoms with Gasteiger partial charge in [-0.3, -0.25) is 4.79 Å². The van der Waals surface area contributed by atoms with E-state index in [1.165, 1.54) is 6.20 Å². The van der Waals surface area contributed by atoms with Gasteiger partial charge < -0.3 is 15.8 Å². The van der Waals surface area contributed by atoms with E-state index in [0.717, 1.165) is 0 Å².